The van der Waals surface area contributed by atoms with Crippen molar-refractivity contribution in [3.05, 3.63) is 82.9 Å². The van der Waals surface area contributed by atoms with Crippen LogP contribution in [0.3, 0.4) is 0 Å². The summed E-state index contributed by atoms with van der Waals surface area (Å²) in [6.45, 7) is 3.87. The van der Waals surface area contributed by atoms with Gasteiger partial charge in [-0.3, -0.25) is 14.5 Å². The minimum atomic E-state index is -0.133. The lowest BCUT2D eigenvalue weighted by Gasteiger charge is -2.34. The summed E-state index contributed by atoms with van der Waals surface area (Å²) in [5.41, 5.74) is 2.18. The van der Waals surface area contributed by atoms with Crippen LogP contribution in [0.25, 0.3) is 10.8 Å². The Balaban J connectivity index is 1.23. The number of carbonyl (C=O) groups is 2. The van der Waals surface area contributed by atoms with E-state index in [1.807, 2.05) is 71.6 Å². The topological polar surface area (TPSA) is 52.7 Å². The fraction of sp³-hybridized carbons (Fsp3) is 0.280. The molecular weight excluding hydrogens is 410 g/mol. The fourth-order valence-corrected chi connectivity index (χ4v) is 4.10. The van der Waals surface area contributed by atoms with Gasteiger partial charge in [0.05, 0.1) is 13.0 Å². The normalized spacial score (nSPS) is 14.5. The molecule has 160 valence electrons. The van der Waals surface area contributed by atoms with Crippen LogP contribution in [-0.2, 0) is 22.6 Å². The van der Waals surface area contributed by atoms with Gasteiger partial charge < -0.3 is 10.2 Å². The SMILES string of the molecule is O=C(Cc1cccc2ccccc12)NCC(=O)N1CCN(Cc2ccc(Cl)cc2)CC1. The largest absolute Gasteiger partial charge is 0.347 e. The van der Waals surface area contributed by atoms with Crippen molar-refractivity contribution in [3.63, 3.8) is 0 Å². The van der Waals surface area contributed by atoms with E-state index in [0.29, 0.717) is 13.1 Å². The summed E-state index contributed by atoms with van der Waals surface area (Å²) in [7, 11) is 0. The van der Waals surface area contributed by atoms with Gasteiger partial charge in [0.25, 0.3) is 0 Å². The second kappa shape index (κ2) is 9.94. The van der Waals surface area contributed by atoms with Crippen molar-refractivity contribution in [2.24, 2.45) is 0 Å². The number of rotatable bonds is 6. The Kier molecular flexibility index (Phi) is 6.85. The van der Waals surface area contributed by atoms with Crippen molar-refractivity contribution in [3.8, 4) is 0 Å². The van der Waals surface area contributed by atoms with E-state index >= 15 is 0 Å². The van der Waals surface area contributed by atoms with Gasteiger partial charge in [-0.15, -0.1) is 0 Å². The van der Waals surface area contributed by atoms with Crippen LogP contribution < -0.4 is 5.32 Å². The van der Waals surface area contributed by atoms with E-state index in [9.17, 15) is 9.59 Å². The molecular formula is C25H26ClN3O2. The van der Waals surface area contributed by atoms with Crippen LogP contribution in [0.1, 0.15) is 11.1 Å². The van der Waals surface area contributed by atoms with Gasteiger partial charge >= 0.3 is 0 Å². The van der Waals surface area contributed by atoms with E-state index in [0.717, 1.165) is 41.0 Å². The lowest BCUT2D eigenvalue weighted by molar-refractivity contribution is -0.134. The zero-order valence-electron chi connectivity index (χ0n) is 17.4. The second-order valence-corrected chi connectivity index (χ2v) is 8.31. The molecule has 1 aliphatic rings. The molecule has 1 aliphatic heterocycles. The van der Waals surface area contributed by atoms with Gasteiger partial charge in [0.2, 0.25) is 11.8 Å². The molecule has 6 heteroatoms. The summed E-state index contributed by atoms with van der Waals surface area (Å²) in [4.78, 5) is 29.1. The minimum Gasteiger partial charge on any atom is -0.347 e. The Morgan fingerprint density at radius 1 is 0.871 bits per heavy atom. The van der Waals surface area contributed by atoms with E-state index in [-0.39, 0.29) is 24.8 Å². The minimum absolute atomic E-state index is 0.0302. The smallest absolute Gasteiger partial charge is 0.242 e. The first-order valence-corrected chi connectivity index (χ1v) is 10.9. The number of benzene rings is 3. The van der Waals surface area contributed by atoms with Crippen LogP contribution in [0.5, 0.6) is 0 Å². The molecule has 31 heavy (non-hydrogen) atoms. The van der Waals surface area contributed by atoms with Crippen LogP contribution in [0, 0.1) is 0 Å². The Labute approximate surface area is 187 Å². The number of hydrogen-bond acceptors (Lipinski definition) is 3. The number of hydrogen-bond donors (Lipinski definition) is 1. The first-order chi connectivity index (χ1) is 15.1. The molecule has 2 amide bonds. The summed E-state index contributed by atoms with van der Waals surface area (Å²) in [5.74, 6) is -0.163. The number of nitrogens with one attached hydrogen (secondary N) is 1. The molecule has 4 rings (SSSR count). The van der Waals surface area contributed by atoms with E-state index in [1.54, 1.807) is 0 Å². The maximum atomic E-state index is 12.5. The molecule has 1 N–H and O–H groups in total. The number of fused-ring (bicyclic) bond motifs is 1. The fourth-order valence-electron chi connectivity index (χ4n) is 3.97. The third-order valence-corrected chi connectivity index (χ3v) is 5.96. The molecule has 0 spiro atoms. The number of amides is 2. The standard InChI is InChI=1S/C25H26ClN3O2/c26-22-10-8-19(9-11-22)18-28-12-14-29(15-13-28)25(31)17-27-24(30)16-21-6-3-5-20-4-1-2-7-23(20)21/h1-11H,12-18H2,(H,27,30). The quantitative estimate of drug-likeness (QED) is 0.644. The number of carbonyl (C=O) groups excluding carboxylic acids is 2. The van der Waals surface area contributed by atoms with Crippen molar-refractivity contribution in [1.29, 1.82) is 0 Å². The molecule has 1 heterocycles. The van der Waals surface area contributed by atoms with Crippen LogP contribution in [0.2, 0.25) is 5.02 Å². The Morgan fingerprint density at radius 2 is 1.58 bits per heavy atom. The molecule has 0 aliphatic carbocycles. The van der Waals surface area contributed by atoms with Gasteiger partial charge in [0.15, 0.2) is 0 Å². The first kappa shape index (κ1) is 21.3. The van der Waals surface area contributed by atoms with E-state index in [4.69, 9.17) is 11.6 Å². The van der Waals surface area contributed by atoms with E-state index in [1.165, 1.54) is 5.56 Å². The summed E-state index contributed by atoms with van der Waals surface area (Å²) in [6, 6.07) is 21.8. The Morgan fingerprint density at radius 3 is 2.35 bits per heavy atom. The zero-order valence-corrected chi connectivity index (χ0v) is 18.1. The van der Waals surface area contributed by atoms with E-state index < -0.39 is 0 Å². The second-order valence-electron chi connectivity index (χ2n) is 7.88. The predicted octanol–water partition coefficient (Wildman–Crippen LogP) is 3.50. The summed E-state index contributed by atoms with van der Waals surface area (Å²) < 4.78 is 0. The summed E-state index contributed by atoms with van der Waals surface area (Å²) in [5, 5.41) is 5.71. The molecule has 3 aromatic carbocycles. The van der Waals surface area contributed by atoms with Crippen molar-refractivity contribution < 1.29 is 9.59 Å². The average molecular weight is 436 g/mol. The van der Waals surface area contributed by atoms with Crippen molar-refractivity contribution in [2.75, 3.05) is 32.7 Å². The highest BCUT2D eigenvalue weighted by Gasteiger charge is 2.21. The zero-order chi connectivity index (χ0) is 21.6. The van der Waals surface area contributed by atoms with Gasteiger partial charge in [0.1, 0.15) is 0 Å². The van der Waals surface area contributed by atoms with Crippen molar-refractivity contribution in [2.45, 2.75) is 13.0 Å². The number of nitrogens with zero attached hydrogens (tertiary/aromatic N) is 2. The molecule has 0 atom stereocenters. The highest BCUT2D eigenvalue weighted by molar-refractivity contribution is 6.30. The summed E-state index contributed by atoms with van der Waals surface area (Å²) >= 11 is 5.94. The van der Waals surface area contributed by atoms with Gasteiger partial charge in [0, 0.05) is 37.7 Å². The van der Waals surface area contributed by atoms with Crippen LogP contribution >= 0.6 is 11.6 Å². The van der Waals surface area contributed by atoms with Gasteiger partial charge in [-0.05, 0) is 34.0 Å². The maximum absolute atomic E-state index is 12.5. The molecule has 1 saturated heterocycles. The van der Waals surface area contributed by atoms with Crippen molar-refractivity contribution >= 4 is 34.2 Å². The highest BCUT2D eigenvalue weighted by atomic mass is 35.5. The third kappa shape index (κ3) is 5.63. The molecule has 0 unspecified atom stereocenters. The third-order valence-electron chi connectivity index (χ3n) is 5.71. The molecule has 0 saturated carbocycles. The number of piperazine rings is 1. The molecule has 3 aromatic rings. The monoisotopic (exact) mass is 435 g/mol. The highest BCUT2D eigenvalue weighted by Crippen LogP contribution is 2.19. The average Bonchev–Trinajstić information content (AvgIpc) is 2.80. The molecule has 5 nitrogen and oxygen atoms in total. The lowest BCUT2D eigenvalue weighted by Crippen LogP contribution is -2.50. The number of halogens is 1. The lowest BCUT2D eigenvalue weighted by atomic mass is 10.0. The van der Waals surface area contributed by atoms with Crippen LogP contribution in [0.15, 0.2) is 66.7 Å². The van der Waals surface area contributed by atoms with E-state index in [2.05, 4.69) is 10.2 Å². The van der Waals surface area contributed by atoms with Gasteiger partial charge in [-0.1, -0.05) is 66.2 Å². The molecule has 0 bridgehead atoms. The molecule has 0 radical (unpaired) electrons. The first-order valence-electron chi connectivity index (χ1n) is 10.6. The Bertz CT molecular complexity index is 1050. The van der Waals surface area contributed by atoms with Gasteiger partial charge in [-0.25, -0.2) is 0 Å². The van der Waals surface area contributed by atoms with Gasteiger partial charge in [-0.2, -0.15) is 0 Å². The predicted molar refractivity (Wildman–Crippen MR) is 124 cm³/mol. The maximum Gasteiger partial charge on any atom is 0.242 e. The molecule has 0 aromatic heterocycles. The van der Waals surface area contributed by atoms with Crippen LogP contribution in [-0.4, -0.2) is 54.3 Å². The van der Waals surface area contributed by atoms with Crippen LogP contribution in [0.4, 0.5) is 0 Å². The van der Waals surface area contributed by atoms with Crippen molar-refractivity contribution in [1.82, 2.24) is 15.1 Å². The Hall–Kier alpha value is -2.89. The summed E-state index contributed by atoms with van der Waals surface area (Å²) in [6.07, 6.45) is 0.267. The molecule has 1 fully saturated rings.